The van der Waals surface area contributed by atoms with E-state index in [1.165, 1.54) is 6.42 Å². The molecular weight excluding hydrogens is 240 g/mol. The average molecular weight is 262 g/mol. The number of hydrogen-bond acceptors (Lipinski definition) is 4. The minimum Gasteiger partial charge on any atom is -0.376 e. The molecule has 0 spiro atoms. The number of hydrogen-bond donors (Lipinski definition) is 0. The van der Waals surface area contributed by atoms with Crippen LogP contribution in [0, 0.1) is 0 Å². The van der Waals surface area contributed by atoms with Crippen molar-refractivity contribution in [1.82, 2.24) is 9.88 Å². The Kier molecular flexibility index (Phi) is 4.11. The first-order chi connectivity index (χ1) is 9.38. The van der Waals surface area contributed by atoms with Crippen LogP contribution in [0.4, 0.5) is 0 Å². The summed E-state index contributed by atoms with van der Waals surface area (Å²) in [6.45, 7) is 5.55. The normalized spacial score (nSPS) is 31.3. The smallest absolute Gasteiger partial charge is 0.0992 e. The number of fused-ring (bicyclic) bond motifs is 1. The van der Waals surface area contributed by atoms with Crippen molar-refractivity contribution in [2.24, 2.45) is 0 Å². The van der Waals surface area contributed by atoms with Crippen molar-refractivity contribution in [1.29, 1.82) is 0 Å². The Morgan fingerprint density at radius 2 is 2.37 bits per heavy atom. The molecule has 1 aromatic rings. The van der Waals surface area contributed by atoms with Crippen LogP contribution in [0.15, 0.2) is 24.4 Å². The molecule has 0 amide bonds. The monoisotopic (exact) mass is 262 g/mol. The lowest BCUT2D eigenvalue weighted by Gasteiger charge is -2.38. The fourth-order valence-electron chi connectivity index (χ4n) is 3.28. The summed E-state index contributed by atoms with van der Waals surface area (Å²) in [5, 5.41) is 0. The summed E-state index contributed by atoms with van der Waals surface area (Å²) in [5.74, 6) is 0. The summed E-state index contributed by atoms with van der Waals surface area (Å²) >= 11 is 0. The Bertz CT molecular complexity index is 398. The molecule has 3 rings (SSSR count). The van der Waals surface area contributed by atoms with E-state index in [4.69, 9.17) is 9.47 Å². The molecule has 1 aromatic heterocycles. The Balaban J connectivity index is 1.66. The zero-order chi connectivity index (χ0) is 13.1. The highest BCUT2D eigenvalue weighted by Crippen LogP contribution is 2.32. The lowest BCUT2D eigenvalue weighted by molar-refractivity contribution is -0.113. The largest absolute Gasteiger partial charge is 0.376 e. The second-order valence-electron chi connectivity index (χ2n) is 5.27. The Hall–Kier alpha value is -0.970. The maximum absolute atomic E-state index is 5.95. The predicted molar refractivity (Wildman–Crippen MR) is 72.8 cm³/mol. The van der Waals surface area contributed by atoms with E-state index in [0.29, 0.717) is 6.04 Å². The molecule has 4 heteroatoms. The van der Waals surface area contributed by atoms with E-state index in [9.17, 15) is 0 Å². The minimum atomic E-state index is 0.248. The standard InChI is InChI=1S/C15H22N2O2/c1-2-18-14-7-6-13-15(14)19-10-9-17(13)11-12-5-3-4-8-16-12/h3-5,8,13-15H,2,6-7,9-11H2,1H3/t13-,14+,15+/m0/s1. The van der Waals surface area contributed by atoms with Crippen LogP contribution >= 0.6 is 0 Å². The fourth-order valence-corrected chi connectivity index (χ4v) is 3.28. The van der Waals surface area contributed by atoms with Gasteiger partial charge in [-0.15, -0.1) is 0 Å². The van der Waals surface area contributed by atoms with Crippen molar-refractivity contribution < 1.29 is 9.47 Å². The van der Waals surface area contributed by atoms with Crippen LogP contribution in [-0.2, 0) is 16.0 Å². The van der Waals surface area contributed by atoms with E-state index < -0.39 is 0 Å². The van der Waals surface area contributed by atoms with E-state index in [0.717, 1.165) is 38.4 Å². The number of nitrogens with zero attached hydrogens (tertiary/aromatic N) is 2. The van der Waals surface area contributed by atoms with Crippen molar-refractivity contribution in [3.05, 3.63) is 30.1 Å². The number of ether oxygens (including phenoxy) is 2. The topological polar surface area (TPSA) is 34.6 Å². The SMILES string of the molecule is CCO[C@@H]1CC[C@H]2[C@H]1OCCN2Cc1ccccn1. The summed E-state index contributed by atoms with van der Waals surface area (Å²) in [4.78, 5) is 6.94. The van der Waals surface area contributed by atoms with Gasteiger partial charge in [-0.3, -0.25) is 9.88 Å². The molecule has 104 valence electrons. The summed E-state index contributed by atoms with van der Waals surface area (Å²) in [6.07, 6.45) is 4.67. The van der Waals surface area contributed by atoms with E-state index in [-0.39, 0.29) is 12.2 Å². The van der Waals surface area contributed by atoms with Gasteiger partial charge in [-0.2, -0.15) is 0 Å². The third kappa shape index (κ3) is 2.81. The van der Waals surface area contributed by atoms with Crippen LogP contribution in [0.3, 0.4) is 0 Å². The van der Waals surface area contributed by atoms with Crippen molar-refractivity contribution in [3.8, 4) is 0 Å². The zero-order valence-electron chi connectivity index (χ0n) is 11.5. The fraction of sp³-hybridized carbons (Fsp3) is 0.667. The second-order valence-corrected chi connectivity index (χ2v) is 5.27. The third-order valence-corrected chi connectivity index (χ3v) is 4.12. The van der Waals surface area contributed by atoms with Crippen LogP contribution in [0.2, 0.25) is 0 Å². The maximum atomic E-state index is 5.95. The van der Waals surface area contributed by atoms with Crippen molar-refractivity contribution in [3.63, 3.8) is 0 Å². The van der Waals surface area contributed by atoms with Gasteiger partial charge in [0, 0.05) is 31.9 Å². The summed E-state index contributed by atoms with van der Waals surface area (Å²) < 4.78 is 11.8. The molecule has 0 unspecified atom stereocenters. The molecule has 0 radical (unpaired) electrons. The Morgan fingerprint density at radius 3 is 3.16 bits per heavy atom. The number of rotatable bonds is 4. The summed E-state index contributed by atoms with van der Waals surface area (Å²) in [7, 11) is 0. The molecule has 1 saturated heterocycles. The van der Waals surface area contributed by atoms with Gasteiger partial charge in [0.1, 0.15) is 0 Å². The van der Waals surface area contributed by atoms with Gasteiger partial charge >= 0.3 is 0 Å². The summed E-state index contributed by atoms with van der Waals surface area (Å²) in [5.41, 5.74) is 1.14. The summed E-state index contributed by atoms with van der Waals surface area (Å²) in [6, 6.07) is 6.61. The van der Waals surface area contributed by atoms with Crippen molar-refractivity contribution >= 4 is 0 Å². The van der Waals surface area contributed by atoms with Gasteiger partial charge in [-0.25, -0.2) is 0 Å². The predicted octanol–water partition coefficient (Wildman–Crippen LogP) is 1.85. The minimum absolute atomic E-state index is 0.248. The van der Waals surface area contributed by atoms with Gasteiger partial charge in [-0.05, 0) is 31.9 Å². The second kappa shape index (κ2) is 5.99. The van der Waals surface area contributed by atoms with Crippen molar-refractivity contribution in [2.45, 2.75) is 44.6 Å². The molecule has 1 aliphatic carbocycles. The molecule has 1 saturated carbocycles. The third-order valence-electron chi connectivity index (χ3n) is 4.12. The highest BCUT2D eigenvalue weighted by molar-refractivity contribution is 5.05. The highest BCUT2D eigenvalue weighted by Gasteiger charge is 2.43. The molecule has 3 atom stereocenters. The van der Waals surface area contributed by atoms with E-state index >= 15 is 0 Å². The first kappa shape index (κ1) is 13.0. The van der Waals surface area contributed by atoms with Gasteiger partial charge in [-0.1, -0.05) is 6.07 Å². The molecule has 1 aliphatic heterocycles. The van der Waals surface area contributed by atoms with Gasteiger partial charge in [0.2, 0.25) is 0 Å². The zero-order valence-corrected chi connectivity index (χ0v) is 11.5. The quantitative estimate of drug-likeness (QED) is 0.829. The van der Waals surface area contributed by atoms with E-state index in [1.807, 2.05) is 12.3 Å². The molecule has 0 N–H and O–H groups in total. The molecular formula is C15H22N2O2. The van der Waals surface area contributed by atoms with Crippen LogP contribution in [0.1, 0.15) is 25.5 Å². The first-order valence-corrected chi connectivity index (χ1v) is 7.25. The number of pyridine rings is 1. The van der Waals surface area contributed by atoms with Gasteiger partial charge in [0.25, 0.3) is 0 Å². The van der Waals surface area contributed by atoms with E-state index in [2.05, 4.69) is 28.9 Å². The highest BCUT2D eigenvalue weighted by atomic mass is 16.5. The lowest BCUT2D eigenvalue weighted by atomic mass is 10.1. The molecule has 2 aliphatic rings. The van der Waals surface area contributed by atoms with Gasteiger partial charge < -0.3 is 9.47 Å². The molecule has 2 fully saturated rings. The number of aromatic nitrogens is 1. The van der Waals surface area contributed by atoms with Crippen LogP contribution in [0.25, 0.3) is 0 Å². The number of morpholine rings is 1. The maximum Gasteiger partial charge on any atom is 0.0992 e. The van der Waals surface area contributed by atoms with Crippen LogP contribution < -0.4 is 0 Å². The molecule has 2 heterocycles. The Morgan fingerprint density at radius 1 is 1.42 bits per heavy atom. The molecule has 4 nitrogen and oxygen atoms in total. The first-order valence-electron chi connectivity index (χ1n) is 7.25. The molecule has 0 bridgehead atoms. The van der Waals surface area contributed by atoms with Gasteiger partial charge in [0.05, 0.1) is 24.5 Å². The Labute approximate surface area is 114 Å². The van der Waals surface area contributed by atoms with Crippen LogP contribution in [0.5, 0.6) is 0 Å². The van der Waals surface area contributed by atoms with Crippen LogP contribution in [-0.4, -0.2) is 47.9 Å². The average Bonchev–Trinajstić information content (AvgIpc) is 2.85. The molecule has 0 aromatic carbocycles. The van der Waals surface area contributed by atoms with E-state index in [1.54, 1.807) is 0 Å². The van der Waals surface area contributed by atoms with Crippen molar-refractivity contribution in [2.75, 3.05) is 19.8 Å². The van der Waals surface area contributed by atoms with Gasteiger partial charge in [0.15, 0.2) is 0 Å². The molecule has 19 heavy (non-hydrogen) atoms. The lowest BCUT2D eigenvalue weighted by Crippen LogP contribution is -2.51.